The number of benzene rings is 3. The number of hydrogen-bond donors (Lipinski definition) is 4. The number of aromatic nitrogens is 4. The third kappa shape index (κ3) is 10.4. The van der Waals surface area contributed by atoms with Gasteiger partial charge in [0, 0.05) is 18.8 Å². The maximum atomic E-state index is 13.8. The minimum Gasteiger partial charge on any atom is -0.453 e. The Balaban J connectivity index is 1.00. The number of H-pyrrole nitrogens is 2. The molecule has 0 unspecified atom stereocenters. The fourth-order valence-corrected chi connectivity index (χ4v) is 10.4. The summed E-state index contributed by atoms with van der Waals surface area (Å²) in [6.45, 7) is 15.6. The molecule has 3 fully saturated rings. The van der Waals surface area contributed by atoms with Crippen molar-refractivity contribution >= 4 is 29.7 Å². The topological polar surface area (TPSA) is 178 Å². The standard InChI is InChI=1S/C54H69N9O6/c1-32(2)46(59-52(66)68-8)50(64)61-28-10-12-44(61)48-55-30-40(57-48)34-14-18-36(19-15-34)42-26-27-43(63(42)39-24-22-38(23-25-39)54(5,6)7)37-20-16-35(17-21-37)41-31-56-49(58-41)45-13-11-29-62(45)51(65)47(33(3)4)60-53(67)69-9/h14-25,30-33,42-47H,10-13,26-29H2,1-9H3,(H,55,57)(H,56,58)(H,59,66)(H,60,67)/t42-,43-,44-,45-,46-,47-/m0/s1. The van der Waals surface area contributed by atoms with E-state index < -0.39 is 24.3 Å². The second-order valence-corrected chi connectivity index (χ2v) is 20.5. The molecule has 15 nitrogen and oxygen atoms in total. The highest BCUT2D eigenvalue weighted by Gasteiger charge is 2.40. The van der Waals surface area contributed by atoms with Gasteiger partial charge in [-0.2, -0.15) is 0 Å². The molecule has 8 rings (SSSR count). The average molecular weight is 940 g/mol. The summed E-state index contributed by atoms with van der Waals surface area (Å²) in [5, 5.41) is 5.46. The number of amides is 4. The van der Waals surface area contributed by atoms with Crippen molar-refractivity contribution in [2.24, 2.45) is 11.8 Å². The summed E-state index contributed by atoms with van der Waals surface area (Å²) in [6, 6.07) is 25.1. The van der Waals surface area contributed by atoms with E-state index in [4.69, 9.17) is 19.4 Å². The zero-order chi connectivity index (χ0) is 49.1. The summed E-state index contributed by atoms with van der Waals surface area (Å²) in [6.07, 6.45) is 7.66. The van der Waals surface area contributed by atoms with Crippen molar-refractivity contribution in [2.75, 3.05) is 32.2 Å². The lowest BCUT2D eigenvalue weighted by molar-refractivity contribution is -0.136. The Kier molecular flexibility index (Phi) is 14.5. The third-order valence-corrected chi connectivity index (χ3v) is 14.3. The van der Waals surface area contributed by atoms with Gasteiger partial charge in [0.25, 0.3) is 0 Å². The first kappa shape index (κ1) is 48.8. The molecule has 3 aliphatic rings. The quantitative estimate of drug-likeness (QED) is 0.0895. The van der Waals surface area contributed by atoms with Crippen molar-refractivity contribution < 1.29 is 28.7 Å². The van der Waals surface area contributed by atoms with E-state index in [9.17, 15) is 19.2 Å². The molecule has 5 heterocycles. The van der Waals surface area contributed by atoms with Crippen molar-refractivity contribution in [2.45, 2.75) is 129 Å². The monoisotopic (exact) mass is 940 g/mol. The molecule has 6 atom stereocenters. The van der Waals surface area contributed by atoms with E-state index in [1.165, 1.54) is 36.6 Å². The fourth-order valence-electron chi connectivity index (χ4n) is 10.4. The van der Waals surface area contributed by atoms with Gasteiger partial charge in [0.15, 0.2) is 0 Å². The van der Waals surface area contributed by atoms with Crippen molar-refractivity contribution in [1.82, 2.24) is 40.4 Å². The van der Waals surface area contributed by atoms with Crippen molar-refractivity contribution in [3.63, 3.8) is 0 Å². The lowest BCUT2D eigenvalue weighted by Crippen LogP contribution is -2.51. The molecule has 366 valence electrons. The van der Waals surface area contributed by atoms with E-state index in [0.29, 0.717) is 13.1 Å². The number of likely N-dealkylation sites (tertiary alicyclic amines) is 2. The Morgan fingerprint density at radius 3 is 1.36 bits per heavy atom. The number of nitrogens with one attached hydrogen (secondary N) is 4. The molecule has 3 saturated heterocycles. The first-order valence-corrected chi connectivity index (χ1v) is 24.6. The number of methoxy groups -OCH3 is 2. The highest BCUT2D eigenvalue weighted by atomic mass is 16.5. The maximum absolute atomic E-state index is 13.8. The molecule has 0 aliphatic carbocycles. The minimum absolute atomic E-state index is 0.0284. The van der Waals surface area contributed by atoms with Gasteiger partial charge in [0.05, 0.1) is 62.2 Å². The molecule has 3 aromatic carbocycles. The van der Waals surface area contributed by atoms with E-state index >= 15 is 0 Å². The van der Waals surface area contributed by atoms with E-state index in [0.717, 1.165) is 72.7 Å². The van der Waals surface area contributed by atoms with Crippen LogP contribution in [0.4, 0.5) is 15.3 Å². The molecular weight excluding hydrogens is 871 g/mol. The number of ether oxygens (including phenoxy) is 2. The lowest BCUT2D eigenvalue weighted by Gasteiger charge is -2.34. The van der Waals surface area contributed by atoms with Gasteiger partial charge in [-0.15, -0.1) is 0 Å². The maximum Gasteiger partial charge on any atom is 0.407 e. The predicted octanol–water partition coefficient (Wildman–Crippen LogP) is 9.94. The smallest absolute Gasteiger partial charge is 0.407 e. The molecule has 5 aromatic rings. The van der Waals surface area contributed by atoms with Gasteiger partial charge in [0.1, 0.15) is 23.7 Å². The normalized spacial score (nSPS) is 20.4. The summed E-state index contributed by atoms with van der Waals surface area (Å²) in [7, 11) is 2.60. The van der Waals surface area contributed by atoms with Crippen LogP contribution < -0.4 is 15.5 Å². The number of carbonyl (C=O) groups is 4. The van der Waals surface area contributed by atoms with E-state index in [-0.39, 0.29) is 53.2 Å². The highest BCUT2D eigenvalue weighted by molar-refractivity contribution is 5.87. The van der Waals surface area contributed by atoms with Crippen molar-refractivity contribution in [1.29, 1.82) is 0 Å². The average Bonchev–Trinajstić information content (AvgIpc) is 4.21. The number of aromatic amines is 2. The van der Waals surface area contributed by atoms with Gasteiger partial charge < -0.3 is 44.8 Å². The van der Waals surface area contributed by atoms with Gasteiger partial charge in [0.2, 0.25) is 11.8 Å². The molecule has 4 amide bonds. The summed E-state index contributed by atoms with van der Waals surface area (Å²) in [4.78, 5) is 74.6. The molecule has 15 heteroatoms. The van der Waals surface area contributed by atoms with Crippen LogP contribution >= 0.6 is 0 Å². The van der Waals surface area contributed by atoms with Crippen LogP contribution in [0.15, 0.2) is 85.2 Å². The first-order valence-electron chi connectivity index (χ1n) is 24.6. The van der Waals surface area contributed by atoms with E-state index in [2.05, 4.69) is 119 Å². The molecule has 0 spiro atoms. The van der Waals surface area contributed by atoms with Crippen LogP contribution in [0, 0.1) is 11.8 Å². The third-order valence-electron chi connectivity index (χ3n) is 14.3. The molecule has 69 heavy (non-hydrogen) atoms. The number of carbonyl (C=O) groups excluding carboxylic acids is 4. The fraction of sp³-hybridized carbons (Fsp3) is 0.481. The van der Waals surface area contributed by atoms with Crippen molar-refractivity contribution in [3.8, 4) is 22.5 Å². The highest BCUT2D eigenvalue weighted by Crippen LogP contribution is 2.48. The van der Waals surface area contributed by atoms with Crippen LogP contribution in [0.5, 0.6) is 0 Å². The number of alkyl carbamates (subject to hydrolysis) is 2. The number of hydrogen-bond acceptors (Lipinski definition) is 9. The van der Waals surface area contributed by atoms with Gasteiger partial charge in [-0.05, 0) is 95.7 Å². The van der Waals surface area contributed by atoms with Gasteiger partial charge >= 0.3 is 12.2 Å². The minimum atomic E-state index is -0.695. The Bertz CT molecular complexity index is 2430. The second kappa shape index (κ2) is 20.5. The van der Waals surface area contributed by atoms with Crippen LogP contribution in [0.25, 0.3) is 22.5 Å². The number of imidazole rings is 2. The second-order valence-electron chi connectivity index (χ2n) is 20.5. The molecule has 0 bridgehead atoms. The number of rotatable bonds is 13. The Labute approximate surface area is 406 Å². The van der Waals surface area contributed by atoms with Crippen LogP contribution in [0.1, 0.15) is 139 Å². The summed E-state index contributed by atoms with van der Waals surface area (Å²) in [5.41, 5.74) is 8.74. The first-order chi connectivity index (χ1) is 33.1. The summed E-state index contributed by atoms with van der Waals surface area (Å²) >= 11 is 0. The van der Waals surface area contributed by atoms with Gasteiger partial charge in [-0.3, -0.25) is 9.59 Å². The zero-order valence-corrected chi connectivity index (χ0v) is 41.5. The summed E-state index contributed by atoms with van der Waals surface area (Å²) in [5.74, 6) is 0.986. The molecular formula is C54H69N9O6. The molecule has 3 aliphatic heterocycles. The number of anilines is 1. The lowest BCUT2D eigenvalue weighted by atomic mass is 9.87. The Hall–Kier alpha value is -6.64. The van der Waals surface area contributed by atoms with Crippen LogP contribution in [0.3, 0.4) is 0 Å². The number of nitrogens with zero attached hydrogens (tertiary/aromatic N) is 5. The molecule has 0 saturated carbocycles. The van der Waals surface area contributed by atoms with Crippen molar-refractivity contribution in [3.05, 3.63) is 114 Å². The van der Waals surface area contributed by atoms with E-state index in [1.807, 2.05) is 49.9 Å². The Morgan fingerprint density at radius 1 is 0.594 bits per heavy atom. The van der Waals surface area contributed by atoms with Gasteiger partial charge in [-0.25, -0.2) is 19.6 Å². The molecule has 0 radical (unpaired) electrons. The summed E-state index contributed by atoms with van der Waals surface area (Å²) < 4.78 is 9.62. The van der Waals surface area contributed by atoms with Crippen LogP contribution in [-0.2, 0) is 24.5 Å². The SMILES string of the molecule is COC(=O)N[C@H](C(=O)N1CCC[C@H]1c1ncc(-c2ccc([C@@H]3CC[C@@H](c4ccc(-c5cnc([C@@H]6CCCN6C(=O)[C@@H](NC(=O)OC)C(C)C)[nH]5)cc4)N3c3ccc(C(C)(C)C)cc3)cc2)[nH]1)C(C)C. The predicted molar refractivity (Wildman–Crippen MR) is 266 cm³/mol. The zero-order valence-electron chi connectivity index (χ0n) is 41.5. The van der Waals surface area contributed by atoms with Gasteiger partial charge in [-0.1, -0.05) is 109 Å². The Morgan fingerprint density at radius 2 is 1.00 bits per heavy atom. The largest absolute Gasteiger partial charge is 0.453 e. The molecule has 4 N–H and O–H groups in total. The molecule has 2 aromatic heterocycles. The van der Waals surface area contributed by atoms with Crippen LogP contribution in [-0.4, -0.2) is 93.1 Å². The van der Waals surface area contributed by atoms with E-state index in [1.54, 1.807) is 0 Å². The van der Waals surface area contributed by atoms with Crippen LogP contribution in [0.2, 0.25) is 0 Å².